The van der Waals surface area contributed by atoms with Gasteiger partial charge < -0.3 is 5.32 Å². The summed E-state index contributed by atoms with van der Waals surface area (Å²) in [7, 11) is 0. The van der Waals surface area contributed by atoms with Gasteiger partial charge in [-0.15, -0.1) is 0 Å². The van der Waals surface area contributed by atoms with E-state index in [1.807, 2.05) is 0 Å². The van der Waals surface area contributed by atoms with E-state index < -0.39 is 17.5 Å². The summed E-state index contributed by atoms with van der Waals surface area (Å²) in [6.45, 7) is 0. The number of aromatic nitrogens is 1. The van der Waals surface area contributed by atoms with Gasteiger partial charge in [-0.1, -0.05) is 23.5 Å². The third-order valence-electron chi connectivity index (χ3n) is 4.17. The molecule has 5 nitrogen and oxygen atoms in total. The van der Waals surface area contributed by atoms with Crippen molar-refractivity contribution in [1.82, 2.24) is 10.3 Å². The van der Waals surface area contributed by atoms with Crippen LogP contribution in [0.4, 0.5) is 13.9 Å². The number of nitrogens with one attached hydrogen (secondary N) is 2. The number of amides is 2. The van der Waals surface area contributed by atoms with E-state index in [9.17, 15) is 18.4 Å². The molecule has 8 heteroatoms. The van der Waals surface area contributed by atoms with Crippen LogP contribution in [0.2, 0.25) is 0 Å². The molecule has 1 aliphatic carbocycles. The van der Waals surface area contributed by atoms with Crippen molar-refractivity contribution in [2.24, 2.45) is 0 Å². The third kappa shape index (κ3) is 4.23. The van der Waals surface area contributed by atoms with Crippen molar-refractivity contribution in [3.8, 4) is 0 Å². The van der Waals surface area contributed by atoms with Gasteiger partial charge in [-0.25, -0.2) is 13.8 Å². The number of carbonyl (C=O) groups excluding carboxylic acids is 2. The second kappa shape index (κ2) is 7.47. The molecule has 0 radical (unpaired) electrons. The Morgan fingerprint density at radius 1 is 1.11 bits per heavy atom. The number of thiazole rings is 1. The molecule has 3 aromatic rings. The van der Waals surface area contributed by atoms with Crippen molar-refractivity contribution in [1.29, 1.82) is 0 Å². The molecule has 1 saturated carbocycles. The summed E-state index contributed by atoms with van der Waals surface area (Å²) in [4.78, 5) is 28.1. The summed E-state index contributed by atoms with van der Waals surface area (Å²) in [5.41, 5.74) is 1.61. The minimum Gasteiger partial charge on any atom is -0.349 e. The molecular formula is C20H15F2N3O2S. The van der Waals surface area contributed by atoms with Crippen molar-refractivity contribution in [3.63, 3.8) is 0 Å². The highest BCUT2D eigenvalue weighted by Crippen LogP contribution is 2.27. The van der Waals surface area contributed by atoms with E-state index >= 15 is 0 Å². The van der Waals surface area contributed by atoms with Gasteiger partial charge >= 0.3 is 0 Å². The molecule has 2 N–H and O–H groups in total. The van der Waals surface area contributed by atoms with Gasteiger partial charge in [-0.05, 0) is 42.7 Å². The minimum absolute atomic E-state index is 0.0977. The van der Waals surface area contributed by atoms with Gasteiger partial charge in [-0.3, -0.25) is 14.9 Å². The average molecular weight is 399 g/mol. The van der Waals surface area contributed by atoms with E-state index in [0.717, 1.165) is 41.9 Å². The lowest BCUT2D eigenvalue weighted by atomic mass is 10.1. The molecule has 4 rings (SSSR count). The Morgan fingerprint density at radius 2 is 1.82 bits per heavy atom. The number of fused-ring (bicyclic) bond motifs is 1. The lowest BCUT2D eigenvalue weighted by Gasteiger charge is -2.03. The normalized spacial score (nSPS) is 13.8. The molecule has 0 aliphatic heterocycles. The molecule has 1 heterocycles. The summed E-state index contributed by atoms with van der Waals surface area (Å²) in [5.74, 6) is -2.46. The molecule has 0 bridgehead atoms. The first-order chi connectivity index (χ1) is 13.5. The van der Waals surface area contributed by atoms with Crippen molar-refractivity contribution >= 4 is 44.6 Å². The zero-order valence-corrected chi connectivity index (χ0v) is 15.4. The number of hydrogen-bond acceptors (Lipinski definition) is 4. The second-order valence-electron chi connectivity index (χ2n) is 6.45. The number of hydrogen-bond donors (Lipinski definition) is 2. The van der Waals surface area contributed by atoms with Crippen molar-refractivity contribution in [3.05, 3.63) is 65.2 Å². The number of benzene rings is 2. The maximum absolute atomic E-state index is 13.3. The fourth-order valence-corrected chi connectivity index (χ4v) is 3.41. The molecule has 0 atom stereocenters. The molecule has 2 amide bonds. The summed E-state index contributed by atoms with van der Waals surface area (Å²) in [5, 5.41) is 5.73. The van der Waals surface area contributed by atoms with Crippen LogP contribution in [-0.4, -0.2) is 22.8 Å². The van der Waals surface area contributed by atoms with Crippen LogP contribution in [0.3, 0.4) is 0 Å². The van der Waals surface area contributed by atoms with Gasteiger partial charge in [-0.2, -0.15) is 0 Å². The predicted molar refractivity (Wildman–Crippen MR) is 104 cm³/mol. The zero-order chi connectivity index (χ0) is 19.7. The molecule has 2 aromatic carbocycles. The van der Waals surface area contributed by atoms with Gasteiger partial charge in [0.25, 0.3) is 5.91 Å². The Bertz CT molecular complexity index is 1050. The highest BCUT2D eigenvalue weighted by molar-refractivity contribution is 7.22. The van der Waals surface area contributed by atoms with E-state index in [0.29, 0.717) is 16.3 Å². The smallest absolute Gasteiger partial charge is 0.251 e. The fraction of sp³-hybridized carbons (Fsp3) is 0.150. The average Bonchev–Trinajstić information content (AvgIpc) is 3.40. The molecule has 28 heavy (non-hydrogen) atoms. The number of halogens is 2. The Morgan fingerprint density at radius 3 is 2.54 bits per heavy atom. The molecule has 0 spiro atoms. The predicted octanol–water partition coefficient (Wildman–Crippen LogP) is 4.12. The van der Waals surface area contributed by atoms with Gasteiger partial charge in [0.05, 0.1) is 10.2 Å². The molecule has 1 fully saturated rings. The zero-order valence-electron chi connectivity index (χ0n) is 14.5. The summed E-state index contributed by atoms with van der Waals surface area (Å²) in [6.07, 6.45) is 4.98. The Balaban J connectivity index is 1.39. The lowest BCUT2D eigenvalue weighted by molar-refractivity contribution is -0.111. The van der Waals surface area contributed by atoms with Crippen LogP contribution in [0, 0.1) is 11.6 Å². The first-order valence-corrected chi connectivity index (χ1v) is 9.45. The number of nitrogens with zero attached hydrogens (tertiary/aromatic N) is 1. The van der Waals surface area contributed by atoms with Crippen molar-refractivity contribution in [2.75, 3.05) is 5.32 Å². The Kier molecular flexibility index (Phi) is 4.87. The number of rotatable bonds is 5. The van der Waals surface area contributed by atoms with Crippen LogP contribution in [0.25, 0.3) is 16.3 Å². The maximum atomic E-state index is 13.3. The van der Waals surface area contributed by atoms with Crippen molar-refractivity contribution in [2.45, 2.75) is 18.9 Å². The van der Waals surface area contributed by atoms with Gasteiger partial charge in [0.2, 0.25) is 5.91 Å². The van der Waals surface area contributed by atoms with Crippen LogP contribution >= 0.6 is 11.3 Å². The van der Waals surface area contributed by atoms with E-state index in [4.69, 9.17) is 0 Å². The van der Waals surface area contributed by atoms with Crippen LogP contribution < -0.4 is 10.6 Å². The first-order valence-electron chi connectivity index (χ1n) is 8.63. The molecule has 1 aromatic heterocycles. The highest BCUT2D eigenvalue weighted by Gasteiger charge is 2.23. The molecule has 0 unspecified atom stereocenters. The second-order valence-corrected chi connectivity index (χ2v) is 7.48. The minimum atomic E-state index is -0.982. The van der Waals surface area contributed by atoms with Gasteiger partial charge in [0, 0.05) is 23.7 Å². The SMILES string of the molecule is O=C(/C=C/c1ccc(C(=O)NC2CC2)cc1)Nc1nc2cc(F)c(F)cc2s1. The van der Waals surface area contributed by atoms with Gasteiger partial charge in [0.15, 0.2) is 16.8 Å². The summed E-state index contributed by atoms with van der Waals surface area (Å²) < 4.78 is 26.9. The van der Waals surface area contributed by atoms with E-state index in [1.165, 1.54) is 6.08 Å². The van der Waals surface area contributed by atoms with Crippen molar-refractivity contribution < 1.29 is 18.4 Å². The van der Waals surface area contributed by atoms with E-state index in [2.05, 4.69) is 15.6 Å². The quantitative estimate of drug-likeness (QED) is 0.634. The maximum Gasteiger partial charge on any atom is 0.251 e. The first kappa shape index (κ1) is 18.2. The topological polar surface area (TPSA) is 71.1 Å². The largest absolute Gasteiger partial charge is 0.349 e. The number of carbonyl (C=O) groups is 2. The Hall–Kier alpha value is -3.13. The molecule has 1 aliphatic rings. The molecule has 142 valence electrons. The lowest BCUT2D eigenvalue weighted by Crippen LogP contribution is -2.25. The molecular weight excluding hydrogens is 384 g/mol. The van der Waals surface area contributed by atoms with Crippen LogP contribution in [0.1, 0.15) is 28.8 Å². The Labute approximate surface area is 163 Å². The molecule has 0 saturated heterocycles. The third-order valence-corrected chi connectivity index (χ3v) is 5.11. The van der Waals surface area contributed by atoms with E-state index in [-0.39, 0.29) is 16.6 Å². The summed E-state index contributed by atoms with van der Waals surface area (Å²) in [6, 6.07) is 9.23. The van der Waals surface area contributed by atoms with Gasteiger partial charge in [0.1, 0.15) is 0 Å². The number of anilines is 1. The van der Waals surface area contributed by atoms with E-state index in [1.54, 1.807) is 30.3 Å². The highest BCUT2D eigenvalue weighted by atomic mass is 32.1. The van der Waals surface area contributed by atoms with Crippen LogP contribution in [0.15, 0.2) is 42.5 Å². The summed E-state index contributed by atoms with van der Waals surface area (Å²) >= 11 is 1.06. The fourth-order valence-electron chi connectivity index (χ4n) is 2.54. The standard InChI is InChI=1S/C20H15F2N3O2S/c21-14-9-16-17(10-15(14)22)28-20(24-16)25-18(26)8-3-11-1-4-12(5-2-11)19(27)23-13-6-7-13/h1-5,8-10,13H,6-7H2,(H,23,27)(H,24,25,26)/b8-3+. The van der Waals surface area contributed by atoms with Crippen LogP contribution in [-0.2, 0) is 4.79 Å². The van der Waals surface area contributed by atoms with Crippen LogP contribution in [0.5, 0.6) is 0 Å². The monoisotopic (exact) mass is 399 g/mol.